The third kappa shape index (κ3) is 4.91. The normalized spacial score (nSPS) is 13.0. The Hall–Kier alpha value is -2.28. The summed E-state index contributed by atoms with van der Waals surface area (Å²) in [4.78, 5) is 3.92. The SMILES string of the molecule is N=C(Nc1ccc(Cl)cc1)NC(F)(Cn1ccnc1)c1ccc(Cl)cc1Cl. The van der Waals surface area contributed by atoms with Crippen LogP contribution in [0.2, 0.25) is 15.1 Å². The average molecular weight is 427 g/mol. The number of rotatable bonds is 5. The van der Waals surface area contributed by atoms with Crippen molar-refractivity contribution in [3.63, 3.8) is 0 Å². The zero-order valence-corrected chi connectivity index (χ0v) is 16.2. The van der Waals surface area contributed by atoms with Crippen LogP contribution in [-0.2, 0) is 12.3 Å². The minimum Gasteiger partial charge on any atom is -0.332 e. The molecule has 0 aliphatic carbocycles. The Morgan fingerprint density at radius 1 is 1.11 bits per heavy atom. The molecule has 0 saturated carbocycles. The van der Waals surface area contributed by atoms with Crippen molar-refractivity contribution in [2.24, 2.45) is 0 Å². The summed E-state index contributed by atoms with van der Waals surface area (Å²) >= 11 is 18.0. The van der Waals surface area contributed by atoms with Gasteiger partial charge in [0.1, 0.15) is 0 Å². The molecule has 3 rings (SSSR count). The fraction of sp³-hybridized carbons (Fsp3) is 0.111. The highest BCUT2D eigenvalue weighted by Gasteiger charge is 2.35. The first-order valence-electron chi connectivity index (χ1n) is 7.85. The van der Waals surface area contributed by atoms with E-state index in [9.17, 15) is 0 Å². The molecule has 0 bridgehead atoms. The van der Waals surface area contributed by atoms with Crippen LogP contribution in [0.5, 0.6) is 0 Å². The fourth-order valence-corrected chi connectivity index (χ4v) is 3.23. The predicted molar refractivity (Wildman–Crippen MR) is 107 cm³/mol. The van der Waals surface area contributed by atoms with Gasteiger partial charge >= 0.3 is 0 Å². The zero-order chi connectivity index (χ0) is 19.4. The summed E-state index contributed by atoms with van der Waals surface area (Å²) in [7, 11) is 0. The van der Waals surface area contributed by atoms with Gasteiger partial charge in [-0.2, -0.15) is 0 Å². The molecule has 0 spiro atoms. The lowest BCUT2D eigenvalue weighted by atomic mass is 10.0. The second kappa shape index (κ2) is 8.17. The van der Waals surface area contributed by atoms with Gasteiger partial charge in [0.2, 0.25) is 5.79 Å². The highest BCUT2D eigenvalue weighted by atomic mass is 35.5. The lowest BCUT2D eigenvalue weighted by Crippen LogP contribution is -2.47. The molecule has 0 aliphatic rings. The predicted octanol–water partition coefficient (Wildman–Crippen LogP) is 5.30. The largest absolute Gasteiger partial charge is 0.332 e. The Morgan fingerprint density at radius 3 is 2.44 bits per heavy atom. The molecule has 3 aromatic rings. The monoisotopic (exact) mass is 425 g/mol. The van der Waals surface area contributed by atoms with E-state index in [0.717, 1.165) is 0 Å². The van der Waals surface area contributed by atoms with Crippen molar-refractivity contribution in [2.75, 3.05) is 5.32 Å². The summed E-state index contributed by atoms with van der Waals surface area (Å²) in [6, 6.07) is 11.2. The number of hydrogen-bond donors (Lipinski definition) is 3. The maximum Gasteiger partial charge on any atom is 0.227 e. The quantitative estimate of drug-likeness (QED) is 0.294. The minimum atomic E-state index is -2.18. The van der Waals surface area contributed by atoms with E-state index in [4.69, 9.17) is 40.2 Å². The molecule has 3 N–H and O–H groups in total. The Morgan fingerprint density at radius 2 is 1.81 bits per heavy atom. The van der Waals surface area contributed by atoms with Gasteiger partial charge in [-0.1, -0.05) is 40.9 Å². The summed E-state index contributed by atoms with van der Waals surface area (Å²) in [5.41, 5.74) is 0.744. The summed E-state index contributed by atoms with van der Waals surface area (Å²) in [6.07, 6.45) is 4.65. The molecule has 1 heterocycles. The van der Waals surface area contributed by atoms with Crippen LogP contribution in [0.4, 0.5) is 10.1 Å². The van der Waals surface area contributed by atoms with Crippen LogP contribution in [-0.4, -0.2) is 15.5 Å². The van der Waals surface area contributed by atoms with E-state index in [1.165, 1.54) is 18.5 Å². The highest BCUT2D eigenvalue weighted by Crippen LogP contribution is 2.33. The number of guanidine groups is 1. The van der Waals surface area contributed by atoms with Crippen molar-refractivity contribution in [3.05, 3.63) is 81.8 Å². The second-order valence-electron chi connectivity index (χ2n) is 5.79. The standard InChI is InChI=1S/C18H15Cl3FN5/c19-12-1-4-14(5-2-12)25-17(23)26-18(22,10-27-8-7-24-11-27)15-6-3-13(20)9-16(15)21/h1-9,11H,10H2,(H3,23,25,26). The van der Waals surface area contributed by atoms with Crippen molar-refractivity contribution >= 4 is 46.4 Å². The number of benzene rings is 2. The molecule has 2 aromatic carbocycles. The van der Waals surface area contributed by atoms with Gasteiger partial charge in [0.15, 0.2) is 5.96 Å². The van der Waals surface area contributed by atoms with Gasteiger partial charge in [0.05, 0.1) is 17.9 Å². The van der Waals surface area contributed by atoms with Crippen molar-refractivity contribution in [3.8, 4) is 0 Å². The molecule has 0 radical (unpaired) electrons. The van der Waals surface area contributed by atoms with Crippen LogP contribution in [0.15, 0.2) is 61.2 Å². The van der Waals surface area contributed by atoms with Crippen LogP contribution in [0.3, 0.4) is 0 Å². The number of alkyl halides is 1. The Bertz CT molecular complexity index is 931. The molecule has 9 heteroatoms. The van der Waals surface area contributed by atoms with E-state index in [2.05, 4.69) is 15.6 Å². The molecule has 5 nitrogen and oxygen atoms in total. The number of aromatic nitrogens is 2. The van der Waals surface area contributed by atoms with Gasteiger partial charge in [0, 0.05) is 33.7 Å². The zero-order valence-electron chi connectivity index (χ0n) is 13.9. The van der Waals surface area contributed by atoms with Crippen molar-refractivity contribution in [1.29, 1.82) is 5.41 Å². The van der Waals surface area contributed by atoms with Gasteiger partial charge in [-0.3, -0.25) is 5.41 Å². The maximum atomic E-state index is 16.0. The van der Waals surface area contributed by atoms with E-state index in [0.29, 0.717) is 15.7 Å². The van der Waals surface area contributed by atoms with Gasteiger partial charge in [0.25, 0.3) is 0 Å². The molecule has 27 heavy (non-hydrogen) atoms. The first-order chi connectivity index (χ1) is 12.9. The van der Waals surface area contributed by atoms with Crippen LogP contribution >= 0.6 is 34.8 Å². The van der Waals surface area contributed by atoms with Crippen molar-refractivity contribution < 1.29 is 4.39 Å². The molecule has 1 unspecified atom stereocenters. The first kappa shape index (κ1) is 19.5. The Balaban J connectivity index is 1.87. The van der Waals surface area contributed by atoms with E-state index in [1.807, 2.05) is 0 Å². The third-order valence-corrected chi connectivity index (χ3v) is 4.55. The highest BCUT2D eigenvalue weighted by molar-refractivity contribution is 6.35. The molecule has 0 fully saturated rings. The van der Waals surface area contributed by atoms with E-state index in [1.54, 1.807) is 47.3 Å². The molecule has 0 amide bonds. The second-order valence-corrected chi connectivity index (χ2v) is 7.07. The minimum absolute atomic E-state index is 0.150. The van der Waals surface area contributed by atoms with Gasteiger partial charge in [-0.15, -0.1) is 0 Å². The summed E-state index contributed by atoms with van der Waals surface area (Å²) < 4.78 is 17.6. The summed E-state index contributed by atoms with van der Waals surface area (Å²) in [5.74, 6) is -2.43. The van der Waals surface area contributed by atoms with Crippen LogP contribution in [0.25, 0.3) is 0 Å². The van der Waals surface area contributed by atoms with Gasteiger partial charge in [-0.25, -0.2) is 9.37 Å². The van der Waals surface area contributed by atoms with Crippen molar-refractivity contribution in [2.45, 2.75) is 12.3 Å². The smallest absolute Gasteiger partial charge is 0.227 e. The molecular formula is C18H15Cl3FN5. The number of imidazole rings is 1. The molecule has 0 aliphatic heterocycles. The molecule has 140 valence electrons. The van der Waals surface area contributed by atoms with Crippen LogP contribution < -0.4 is 10.6 Å². The fourth-order valence-electron chi connectivity index (χ4n) is 2.54. The lowest BCUT2D eigenvalue weighted by molar-refractivity contribution is 0.116. The number of halogens is 4. The number of nitrogens with zero attached hydrogens (tertiary/aromatic N) is 2. The van der Waals surface area contributed by atoms with Crippen LogP contribution in [0, 0.1) is 5.41 Å². The number of nitrogens with one attached hydrogen (secondary N) is 3. The Labute approximate surface area is 170 Å². The molecular weight excluding hydrogens is 412 g/mol. The third-order valence-electron chi connectivity index (χ3n) is 3.75. The van der Waals surface area contributed by atoms with Crippen LogP contribution in [0.1, 0.15) is 5.56 Å². The molecule has 0 saturated heterocycles. The molecule has 1 atom stereocenters. The van der Waals surface area contributed by atoms with Gasteiger partial charge < -0.3 is 15.2 Å². The summed E-state index contributed by atoms with van der Waals surface area (Å²) in [6.45, 7) is -0.154. The van der Waals surface area contributed by atoms with E-state index in [-0.39, 0.29) is 23.1 Å². The molecule has 1 aromatic heterocycles. The van der Waals surface area contributed by atoms with Gasteiger partial charge in [-0.05, 0) is 36.4 Å². The topological polar surface area (TPSA) is 65.7 Å². The maximum absolute atomic E-state index is 16.0. The first-order valence-corrected chi connectivity index (χ1v) is 8.99. The van der Waals surface area contributed by atoms with Crippen molar-refractivity contribution in [1.82, 2.24) is 14.9 Å². The van der Waals surface area contributed by atoms with E-state index >= 15 is 4.39 Å². The average Bonchev–Trinajstić information content (AvgIpc) is 3.09. The number of hydrogen-bond acceptors (Lipinski definition) is 2. The lowest BCUT2D eigenvalue weighted by Gasteiger charge is -2.29. The summed E-state index contributed by atoms with van der Waals surface area (Å²) in [5, 5.41) is 14.6. The Kier molecular flexibility index (Phi) is 5.89. The number of anilines is 1. The van der Waals surface area contributed by atoms with E-state index < -0.39 is 5.79 Å².